The average molecular weight is 541 g/mol. The molecule has 0 saturated carbocycles. The first-order valence-corrected chi connectivity index (χ1v) is 15.1. The summed E-state index contributed by atoms with van der Waals surface area (Å²) in [6, 6.07) is 16.5. The molecule has 1 amide bonds. The number of sulfonamides is 1. The van der Waals surface area contributed by atoms with Gasteiger partial charge < -0.3 is 9.64 Å². The summed E-state index contributed by atoms with van der Waals surface area (Å²) in [5.74, 6) is 0.674. The van der Waals surface area contributed by atoms with E-state index in [9.17, 15) is 13.2 Å². The zero-order valence-electron chi connectivity index (χ0n) is 22.0. The Morgan fingerprint density at radius 2 is 1.73 bits per heavy atom. The van der Waals surface area contributed by atoms with Crippen LogP contribution in [0, 0.1) is 19.8 Å². The maximum absolute atomic E-state index is 13.8. The Morgan fingerprint density at radius 3 is 2.38 bits per heavy atom. The number of hydrogen-bond acceptors (Lipinski definition) is 5. The predicted molar refractivity (Wildman–Crippen MR) is 149 cm³/mol. The summed E-state index contributed by atoms with van der Waals surface area (Å²) in [5, 5.41) is 2.05. The topological polar surface area (TPSA) is 66.9 Å². The van der Waals surface area contributed by atoms with Gasteiger partial charge >= 0.3 is 0 Å². The molecule has 198 valence electrons. The molecule has 37 heavy (non-hydrogen) atoms. The first-order valence-electron chi connectivity index (χ1n) is 12.8. The molecule has 2 atom stereocenters. The number of thiophene rings is 1. The van der Waals surface area contributed by atoms with Gasteiger partial charge in [0.05, 0.1) is 17.5 Å². The standard InChI is InChI=1S/C29H36N2O4S2/c1-5-21(2)18-30(37(33,34)25-12-8-23(4)9-13-25)19-29(32)31-16-14-28-26(15-17-36-28)27(31)20-35-24-10-6-22(3)7-11-24/h6-13,15,17,21,27H,5,14,16,18-20H2,1-4H3/t21-,27-/m0/s1. The second-order valence-corrected chi connectivity index (χ2v) is 12.8. The molecule has 0 aliphatic carbocycles. The molecule has 0 saturated heterocycles. The van der Waals surface area contributed by atoms with Crippen LogP contribution in [-0.4, -0.2) is 49.8 Å². The molecule has 1 aliphatic rings. The van der Waals surface area contributed by atoms with Crippen molar-refractivity contribution in [1.82, 2.24) is 9.21 Å². The van der Waals surface area contributed by atoms with Crippen molar-refractivity contribution in [1.29, 1.82) is 0 Å². The minimum absolute atomic E-state index is 0.124. The number of nitrogens with zero attached hydrogens (tertiary/aromatic N) is 2. The van der Waals surface area contributed by atoms with E-state index in [4.69, 9.17) is 4.74 Å². The van der Waals surface area contributed by atoms with Crippen LogP contribution in [0.1, 0.15) is 47.9 Å². The molecule has 3 aromatic rings. The molecule has 2 aromatic carbocycles. The van der Waals surface area contributed by atoms with E-state index >= 15 is 0 Å². The number of ether oxygens (including phenoxy) is 1. The van der Waals surface area contributed by atoms with E-state index < -0.39 is 10.0 Å². The molecule has 2 heterocycles. The SMILES string of the molecule is CC[C@H](C)CN(CC(=O)N1CCc2sccc2[C@@H]1COc1ccc(C)cc1)S(=O)(=O)c1ccc(C)cc1. The molecule has 0 fully saturated rings. The Hall–Kier alpha value is -2.68. The molecular weight excluding hydrogens is 504 g/mol. The average Bonchev–Trinajstić information content (AvgIpc) is 3.37. The van der Waals surface area contributed by atoms with Crippen molar-refractivity contribution in [3.05, 3.63) is 81.5 Å². The van der Waals surface area contributed by atoms with Gasteiger partial charge in [0.2, 0.25) is 15.9 Å². The molecule has 6 nitrogen and oxygen atoms in total. The van der Waals surface area contributed by atoms with Crippen LogP contribution in [0.25, 0.3) is 0 Å². The quantitative estimate of drug-likeness (QED) is 0.335. The third-order valence-electron chi connectivity index (χ3n) is 7.03. The van der Waals surface area contributed by atoms with Gasteiger partial charge in [0.25, 0.3) is 0 Å². The maximum atomic E-state index is 13.8. The van der Waals surface area contributed by atoms with Gasteiger partial charge in [-0.25, -0.2) is 8.42 Å². The number of benzene rings is 2. The summed E-state index contributed by atoms with van der Waals surface area (Å²) < 4.78 is 34.7. The maximum Gasteiger partial charge on any atom is 0.243 e. The first kappa shape index (κ1) is 27.4. The van der Waals surface area contributed by atoms with Crippen molar-refractivity contribution in [2.45, 2.75) is 51.5 Å². The van der Waals surface area contributed by atoms with Gasteiger partial charge in [-0.2, -0.15) is 4.31 Å². The number of fused-ring (bicyclic) bond motifs is 1. The van der Waals surface area contributed by atoms with Crippen LogP contribution in [0.4, 0.5) is 0 Å². The molecule has 0 bridgehead atoms. The lowest BCUT2D eigenvalue weighted by atomic mass is 10.0. The van der Waals surface area contributed by atoms with Crippen LogP contribution in [0.15, 0.2) is 64.9 Å². The number of rotatable bonds is 10. The van der Waals surface area contributed by atoms with Gasteiger partial charge in [0.15, 0.2) is 0 Å². The highest BCUT2D eigenvalue weighted by atomic mass is 32.2. The fraction of sp³-hybridized carbons (Fsp3) is 0.414. The lowest BCUT2D eigenvalue weighted by Crippen LogP contribution is -2.48. The summed E-state index contributed by atoms with van der Waals surface area (Å²) in [6.45, 7) is 8.94. The van der Waals surface area contributed by atoms with Crippen molar-refractivity contribution >= 4 is 27.3 Å². The molecule has 1 aliphatic heterocycles. The number of carbonyl (C=O) groups excluding carboxylic acids is 1. The van der Waals surface area contributed by atoms with Gasteiger partial charge in [0, 0.05) is 18.0 Å². The fourth-order valence-electron chi connectivity index (χ4n) is 4.51. The highest BCUT2D eigenvalue weighted by molar-refractivity contribution is 7.89. The van der Waals surface area contributed by atoms with Gasteiger partial charge in [-0.15, -0.1) is 11.3 Å². The zero-order valence-corrected chi connectivity index (χ0v) is 23.6. The van der Waals surface area contributed by atoms with Crippen molar-refractivity contribution in [2.75, 3.05) is 26.2 Å². The molecule has 8 heteroatoms. The second kappa shape index (κ2) is 11.8. The summed E-state index contributed by atoms with van der Waals surface area (Å²) in [7, 11) is -3.83. The third-order valence-corrected chi connectivity index (χ3v) is 9.85. The molecule has 4 rings (SSSR count). The van der Waals surface area contributed by atoms with E-state index in [0.717, 1.165) is 35.3 Å². The Morgan fingerprint density at radius 1 is 1.08 bits per heavy atom. The lowest BCUT2D eigenvalue weighted by Gasteiger charge is -2.37. The van der Waals surface area contributed by atoms with E-state index in [1.54, 1.807) is 40.5 Å². The number of carbonyl (C=O) groups is 1. The monoisotopic (exact) mass is 540 g/mol. The van der Waals surface area contributed by atoms with Crippen LogP contribution in [-0.2, 0) is 21.2 Å². The molecule has 1 aromatic heterocycles. The van der Waals surface area contributed by atoms with Crippen LogP contribution in [0.5, 0.6) is 5.75 Å². The normalized spacial score (nSPS) is 16.5. The van der Waals surface area contributed by atoms with Crippen LogP contribution in [0.2, 0.25) is 0 Å². The van der Waals surface area contributed by atoms with Crippen LogP contribution >= 0.6 is 11.3 Å². The van der Waals surface area contributed by atoms with E-state index in [1.807, 2.05) is 52.0 Å². The Balaban J connectivity index is 1.58. The van der Waals surface area contributed by atoms with Gasteiger partial charge in [-0.05, 0) is 67.5 Å². The van der Waals surface area contributed by atoms with Crippen molar-refractivity contribution in [3.8, 4) is 5.75 Å². The molecular formula is C29H36N2O4S2. The largest absolute Gasteiger partial charge is 0.491 e. The highest BCUT2D eigenvalue weighted by Gasteiger charge is 2.35. The van der Waals surface area contributed by atoms with E-state index in [0.29, 0.717) is 19.7 Å². The molecule has 0 radical (unpaired) electrons. The van der Waals surface area contributed by atoms with E-state index in [1.165, 1.54) is 9.18 Å². The number of aryl methyl sites for hydroxylation is 2. The molecule has 0 spiro atoms. The Bertz CT molecular complexity index is 1300. The Kier molecular flexibility index (Phi) is 8.72. The second-order valence-electron chi connectivity index (χ2n) is 9.90. The summed E-state index contributed by atoms with van der Waals surface area (Å²) >= 11 is 1.69. The summed E-state index contributed by atoms with van der Waals surface area (Å²) in [5.41, 5.74) is 3.23. The lowest BCUT2D eigenvalue weighted by molar-refractivity contribution is -0.135. The minimum atomic E-state index is -3.83. The van der Waals surface area contributed by atoms with Gasteiger partial charge in [-0.1, -0.05) is 55.7 Å². The fourth-order valence-corrected chi connectivity index (χ4v) is 6.95. The summed E-state index contributed by atoms with van der Waals surface area (Å²) in [4.78, 5) is 17.0. The minimum Gasteiger partial charge on any atom is -0.491 e. The van der Waals surface area contributed by atoms with Crippen molar-refractivity contribution < 1.29 is 17.9 Å². The van der Waals surface area contributed by atoms with Gasteiger partial charge in [0.1, 0.15) is 12.4 Å². The van der Waals surface area contributed by atoms with Crippen molar-refractivity contribution in [2.24, 2.45) is 5.92 Å². The summed E-state index contributed by atoms with van der Waals surface area (Å²) in [6.07, 6.45) is 1.58. The number of hydrogen-bond donors (Lipinski definition) is 0. The van der Waals surface area contributed by atoms with Crippen molar-refractivity contribution in [3.63, 3.8) is 0 Å². The van der Waals surface area contributed by atoms with Crippen LogP contribution < -0.4 is 4.74 Å². The Labute approximate surface area is 224 Å². The third kappa shape index (κ3) is 6.43. The molecule has 0 N–H and O–H groups in total. The van der Waals surface area contributed by atoms with Gasteiger partial charge in [-0.3, -0.25) is 4.79 Å². The molecule has 0 unspecified atom stereocenters. The number of amides is 1. The first-order chi connectivity index (χ1) is 17.7. The van der Waals surface area contributed by atoms with E-state index in [-0.39, 0.29) is 29.3 Å². The van der Waals surface area contributed by atoms with E-state index in [2.05, 4.69) is 11.4 Å². The van der Waals surface area contributed by atoms with Crippen LogP contribution in [0.3, 0.4) is 0 Å². The highest BCUT2D eigenvalue weighted by Crippen LogP contribution is 2.34. The predicted octanol–water partition coefficient (Wildman–Crippen LogP) is 5.61. The smallest absolute Gasteiger partial charge is 0.243 e. The zero-order chi connectivity index (χ0) is 26.6.